The Morgan fingerprint density at radius 1 is 1.32 bits per heavy atom. The van der Waals surface area contributed by atoms with Gasteiger partial charge in [-0.3, -0.25) is 0 Å². The van der Waals surface area contributed by atoms with Crippen molar-refractivity contribution in [2.24, 2.45) is 0 Å². The first-order valence-corrected chi connectivity index (χ1v) is 8.53. The number of aliphatic hydroxyl groups is 1. The lowest BCUT2D eigenvalue weighted by atomic mass is 10.2. The molecule has 0 spiro atoms. The Morgan fingerprint density at radius 2 is 2.00 bits per heavy atom. The number of halogens is 2. The standard InChI is InChI=1S/C12H17BrClNO3S/c1-15(7-3-2-4-8-16)19(17,18)10-5-6-12(14)11(13)9-10/h5-6,9,16H,2-4,7-8H2,1H3. The van der Waals surface area contributed by atoms with Crippen LogP contribution in [0.15, 0.2) is 27.6 Å². The molecule has 0 radical (unpaired) electrons. The fourth-order valence-electron chi connectivity index (χ4n) is 1.56. The van der Waals surface area contributed by atoms with Crippen LogP contribution in [0.1, 0.15) is 19.3 Å². The van der Waals surface area contributed by atoms with Gasteiger partial charge in [-0.1, -0.05) is 11.6 Å². The molecule has 0 aliphatic heterocycles. The minimum atomic E-state index is -3.48. The summed E-state index contributed by atoms with van der Waals surface area (Å²) in [5.74, 6) is 0. The molecule has 0 amide bonds. The molecule has 0 saturated heterocycles. The Morgan fingerprint density at radius 3 is 2.58 bits per heavy atom. The van der Waals surface area contributed by atoms with Crippen LogP contribution in [0.2, 0.25) is 5.02 Å². The van der Waals surface area contributed by atoms with Gasteiger partial charge in [0.05, 0.1) is 9.92 Å². The Labute approximate surface area is 127 Å². The average Bonchev–Trinajstić information content (AvgIpc) is 2.37. The van der Waals surface area contributed by atoms with E-state index in [-0.39, 0.29) is 11.5 Å². The van der Waals surface area contributed by atoms with E-state index < -0.39 is 10.0 Å². The van der Waals surface area contributed by atoms with Crippen LogP contribution in [0, 0.1) is 0 Å². The van der Waals surface area contributed by atoms with Gasteiger partial charge in [0.25, 0.3) is 0 Å². The molecule has 0 fully saturated rings. The highest BCUT2D eigenvalue weighted by molar-refractivity contribution is 9.10. The van der Waals surface area contributed by atoms with E-state index in [2.05, 4.69) is 15.9 Å². The molecule has 4 nitrogen and oxygen atoms in total. The predicted molar refractivity (Wildman–Crippen MR) is 79.9 cm³/mol. The van der Waals surface area contributed by atoms with Gasteiger partial charge in [-0.05, 0) is 53.4 Å². The first-order chi connectivity index (χ1) is 8.89. The van der Waals surface area contributed by atoms with Crippen molar-refractivity contribution in [1.29, 1.82) is 0 Å². The maximum atomic E-state index is 12.3. The largest absolute Gasteiger partial charge is 0.396 e. The Balaban J connectivity index is 2.76. The molecule has 0 aliphatic rings. The summed E-state index contributed by atoms with van der Waals surface area (Å²) in [6, 6.07) is 4.55. The molecule has 108 valence electrons. The van der Waals surface area contributed by atoms with Gasteiger partial charge in [0.15, 0.2) is 0 Å². The lowest BCUT2D eigenvalue weighted by Crippen LogP contribution is -2.28. The minimum absolute atomic E-state index is 0.139. The third-order valence-electron chi connectivity index (χ3n) is 2.73. The second kappa shape index (κ2) is 7.59. The quantitative estimate of drug-likeness (QED) is 0.751. The van der Waals surface area contributed by atoms with Crippen LogP contribution < -0.4 is 0 Å². The summed E-state index contributed by atoms with van der Waals surface area (Å²) < 4.78 is 26.4. The van der Waals surface area contributed by atoms with Crippen LogP contribution in [-0.4, -0.2) is 38.0 Å². The van der Waals surface area contributed by atoms with Crippen molar-refractivity contribution in [2.75, 3.05) is 20.2 Å². The Bertz CT molecular complexity index is 522. The SMILES string of the molecule is CN(CCCCCO)S(=O)(=O)c1ccc(Cl)c(Br)c1. The van der Waals surface area contributed by atoms with Gasteiger partial charge < -0.3 is 5.11 Å². The van der Waals surface area contributed by atoms with Crippen LogP contribution >= 0.6 is 27.5 Å². The topological polar surface area (TPSA) is 57.6 Å². The molecule has 1 aromatic rings. The maximum Gasteiger partial charge on any atom is 0.242 e. The molecule has 7 heteroatoms. The fraction of sp³-hybridized carbons (Fsp3) is 0.500. The van der Waals surface area contributed by atoms with Crippen LogP contribution in [-0.2, 0) is 10.0 Å². The lowest BCUT2D eigenvalue weighted by Gasteiger charge is -2.17. The molecule has 1 rings (SSSR count). The monoisotopic (exact) mass is 369 g/mol. The number of sulfonamides is 1. The molecule has 0 atom stereocenters. The second-order valence-electron chi connectivity index (χ2n) is 4.19. The lowest BCUT2D eigenvalue weighted by molar-refractivity contribution is 0.281. The summed E-state index contributed by atoms with van der Waals surface area (Å²) in [4.78, 5) is 0.216. The van der Waals surface area contributed by atoms with Gasteiger partial charge in [0.1, 0.15) is 0 Å². The molecule has 0 aliphatic carbocycles. The molecule has 0 bridgehead atoms. The van der Waals surface area contributed by atoms with Crippen molar-refractivity contribution in [2.45, 2.75) is 24.2 Å². The third kappa shape index (κ3) is 4.72. The molecule has 0 saturated carbocycles. The van der Waals surface area contributed by atoms with Crippen molar-refractivity contribution in [3.63, 3.8) is 0 Å². The predicted octanol–water partition coefficient (Wildman–Crippen LogP) is 2.89. The first-order valence-electron chi connectivity index (χ1n) is 5.92. The summed E-state index contributed by atoms with van der Waals surface area (Å²) >= 11 is 9.07. The Hall–Kier alpha value is -0.140. The molecule has 0 aromatic heterocycles. The van der Waals surface area contributed by atoms with Crippen molar-refractivity contribution in [1.82, 2.24) is 4.31 Å². The molecule has 1 N–H and O–H groups in total. The number of hydrogen-bond donors (Lipinski definition) is 1. The molecule has 0 unspecified atom stereocenters. The second-order valence-corrected chi connectivity index (χ2v) is 7.49. The molecular formula is C12H17BrClNO3S. The van der Waals surface area contributed by atoms with E-state index in [9.17, 15) is 8.42 Å². The first kappa shape index (κ1) is 16.9. The summed E-state index contributed by atoms with van der Waals surface area (Å²) in [5, 5.41) is 9.15. The summed E-state index contributed by atoms with van der Waals surface area (Å²) in [7, 11) is -1.93. The van der Waals surface area contributed by atoms with E-state index in [4.69, 9.17) is 16.7 Å². The number of hydrogen-bond acceptors (Lipinski definition) is 3. The summed E-state index contributed by atoms with van der Waals surface area (Å²) in [6.07, 6.45) is 2.23. The number of unbranched alkanes of at least 4 members (excludes halogenated alkanes) is 2. The zero-order valence-corrected chi connectivity index (χ0v) is 13.8. The van der Waals surface area contributed by atoms with E-state index in [0.717, 1.165) is 12.8 Å². The summed E-state index contributed by atoms with van der Waals surface area (Å²) in [5.41, 5.74) is 0. The van der Waals surface area contributed by atoms with Crippen molar-refractivity contribution in [3.8, 4) is 0 Å². The van der Waals surface area contributed by atoms with Gasteiger partial charge in [0, 0.05) is 24.7 Å². The van der Waals surface area contributed by atoms with E-state index in [1.807, 2.05) is 0 Å². The molecular weight excluding hydrogens is 354 g/mol. The highest BCUT2D eigenvalue weighted by Gasteiger charge is 2.20. The van der Waals surface area contributed by atoms with E-state index in [1.54, 1.807) is 13.1 Å². The zero-order valence-electron chi connectivity index (χ0n) is 10.6. The number of aliphatic hydroxyl groups excluding tert-OH is 1. The van der Waals surface area contributed by atoms with E-state index in [0.29, 0.717) is 22.5 Å². The smallest absolute Gasteiger partial charge is 0.242 e. The summed E-state index contributed by atoms with van der Waals surface area (Å²) in [6.45, 7) is 0.573. The van der Waals surface area contributed by atoms with Gasteiger partial charge in [-0.15, -0.1) is 0 Å². The molecule has 1 aromatic carbocycles. The minimum Gasteiger partial charge on any atom is -0.396 e. The van der Waals surface area contributed by atoms with Gasteiger partial charge in [-0.25, -0.2) is 12.7 Å². The van der Waals surface area contributed by atoms with Gasteiger partial charge in [-0.2, -0.15) is 0 Å². The number of benzene rings is 1. The highest BCUT2D eigenvalue weighted by atomic mass is 79.9. The molecule has 0 heterocycles. The van der Waals surface area contributed by atoms with E-state index >= 15 is 0 Å². The third-order valence-corrected chi connectivity index (χ3v) is 5.80. The number of rotatable bonds is 7. The van der Waals surface area contributed by atoms with Crippen molar-refractivity contribution >= 4 is 37.6 Å². The van der Waals surface area contributed by atoms with Crippen LogP contribution in [0.5, 0.6) is 0 Å². The van der Waals surface area contributed by atoms with Crippen LogP contribution in [0.3, 0.4) is 0 Å². The highest BCUT2D eigenvalue weighted by Crippen LogP contribution is 2.26. The normalized spacial score (nSPS) is 12.1. The number of nitrogens with zero attached hydrogens (tertiary/aromatic N) is 1. The van der Waals surface area contributed by atoms with Gasteiger partial charge in [0.2, 0.25) is 10.0 Å². The van der Waals surface area contributed by atoms with Crippen molar-refractivity contribution in [3.05, 3.63) is 27.7 Å². The molecule has 19 heavy (non-hydrogen) atoms. The maximum absolute atomic E-state index is 12.3. The Kier molecular flexibility index (Phi) is 6.76. The van der Waals surface area contributed by atoms with Crippen molar-refractivity contribution < 1.29 is 13.5 Å². The van der Waals surface area contributed by atoms with E-state index in [1.165, 1.54) is 16.4 Å². The van der Waals surface area contributed by atoms with Crippen LogP contribution in [0.4, 0.5) is 0 Å². The fourth-order valence-corrected chi connectivity index (χ4v) is 3.44. The van der Waals surface area contributed by atoms with Crippen LogP contribution in [0.25, 0.3) is 0 Å². The van der Waals surface area contributed by atoms with Gasteiger partial charge >= 0.3 is 0 Å². The zero-order chi connectivity index (χ0) is 14.5. The average molecular weight is 371 g/mol.